The first-order valence-corrected chi connectivity index (χ1v) is 8.61. The molecule has 0 saturated carbocycles. The number of hydrazine groups is 1. The van der Waals surface area contributed by atoms with Gasteiger partial charge in [-0.1, -0.05) is 30.3 Å². The summed E-state index contributed by atoms with van der Waals surface area (Å²) >= 11 is 0. The zero-order valence-corrected chi connectivity index (χ0v) is 15.4. The van der Waals surface area contributed by atoms with E-state index < -0.39 is 11.5 Å². The third-order valence-corrected chi connectivity index (χ3v) is 4.43. The zero-order chi connectivity index (χ0) is 19.3. The fourth-order valence-electron chi connectivity index (χ4n) is 3.04. The molecule has 0 amide bonds. The summed E-state index contributed by atoms with van der Waals surface area (Å²) in [6.07, 6.45) is 5.34. The molecule has 27 heavy (non-hydrogen) atoms. The molecule has 1 aliphatic rings. The summed E-state index contributed by atoms with van der Waals surface area (Å²) in [5, 5.41) is 1.83. The highest BCUT2D eigenvalue weighted by Gasteiger charge is 2.42. The number of esters is 1. The molecule has 1 atom stereocenters. The van der Waals surface area contributed by atoms with E-state index in [-0.39, 0.29) is 12.2 Å². The van der Waals surface area contributed by atoms with Crippen LogP contribution in [0.3, 0.4) is 0 Å². The van der Waals surface area contributed by atoms with Gasteiger partial charge in [0.15, 0.2) is 5.54 Å². The van der Waals surface area contributed by atoms with Crippen LogP contribution in [0.1, 0.15) is 11.1 Å². The van der Waals surface area contributed by atoms with Gasteiger partial charge >= 0.3 is 5.97 Å². The van der Waals surface area contributed by atoms with E-state index in [0.717, 1.165) is 11.1 Å². The van der Waals surface area contributed by atoms with E-state index in [1.807, 2.05) is 41.5 Å². The van der Waals surface area contributed by atoms with Gasteiger partial charge < -0.3 is 19.0 Å². The molecule has 0 aliphatic carbocycles. The molecule has 2 heterocycles. The molecule has 3 rings (SSSR count). The van der Waals surface area contributed by atoms with Crippen LogP contribution in [0, 0.1) is 0 Å². The minimum absolute atomic E-state index is 0.0229. The molecule has 7 heteroatoms. The molecule has 0 radical (unpaired) electrons. The number of hydrogen-bond acceptors (Lipinski definition) is 6. The highest BCUT2D eigenvalue weighted by Crippen LogP contribution is 2.19. The fourth-order valence-corrected chi connectivity index (χ4v) is 3.04. The summed E-state index contributed by atoms with van der Waals surface area (Å²) in [7, 11) is 2.90. The number of aromatic nitrogens is 1. The maximum absolute atomic E-state index is 12.1. The van der Waals surface area contributed by atoms with Gasteiger partial charge in [0.2, 0.25) is 0 Å². The lowest BCUT2D eigenvalue weighted by Gasteiger charge is -2.28. The van der Waals surface area contributed by atoms with E-state index in [0.29, 0.717) is 13.1 Å². The normalized spacial score (nSPS) is 18.7. The first-order valence-electron chi connectivity index (χ1n) is 8.61. The van der Waals surface area contributed by atoms with Crippen molar-refractivity contribution in [3.8, 4) is 0 Å². The van der Waals surface area contributed by atoms with Gasteiger partial charge in [-0.25, -0.2) is 10.2 Å². The molecule has 0 spiro atoms. The van der Waals surface area contributed by atoms with Crippen molar-refractivity contribution in [3.05, 3.63) is 82.4 Å². The summed E-state index contributed by atoms with van der Waals surface area (Å²) in [5.41, 5.74) is 4.22. The number of pyridine rings is 1. The minimum atomic E-state index is -1.00. The molecule has 1 aromatic carbocycles. The van der Waals surface area contributed by atoms with Crippen LogP contribution in [0.5, 0.6) is 0 Å². The quantitative estimate of drug-likeness (QED) is 0.742. The van der Waals surface area contributed by atoms with E-state index in [9.17, 15) is 9.59 Å². The molecule has 1 aromatic heterocycles. The van der Waals surface area contributed by atoms with Crippen LogP contribution in [0.2, 0.25) is 0 Å². The number of nitrogens with zero attached hydrogens (tertiary/aromatic N) is 2. The van der Waals surface area contributed by atoms with Gasteiger partial charge in [0.1, 0.15) is 0 Å². The van der Waals surface area contributed by atoms with E-state index in [2.05, 4.69) is 5.43 Å². The lowest BCUT2D eigenvalue weighted by Crippen LogP contribution is -2.55. The number of hydrogen-bond donors (Lipinski definition) is 1. The van der Waals surface area contributed by atoms with Crippen LogP contribution in [0.25, 0.3) is 0 Å². The number of methoxy groups -OCH3 is 2. The third-order valence-electron chi connectivity index (χ3n) is 4.43. The summed E-state index contributed by atoms with van der Waals surface area (Å²) in [5.74, 6) is -0.397. The number of ether oxygens (including phenoxy) is 2. The van der Waals surface area contributed by atoms with Crippen LogP contribution in [0.4, 0.5) is 0 Å². The Morgan fingerprint density at radius 1 is 1.07 bits per heavy atom. The first-order chi connectivity index (χ1) is 13.1. The Kier molecular flexibility index (Phi) is 5.73. The third kappa shape index (κ3) is 4.27. The summed E-state index contributed by atoms with van der Waals surface area (Å²) in [6.45, 7) is 1.28. The van der Waals surface area contributed by atoms with E-state index in [1.54, 1.807) is 36.1 Å². The monoisotopic (exact) mass is 369 g/mol. The predicted molar refractivity (Wildman–Crippen MR) is 101 cm³/mol. The molecule has 0 saturated heterocycles. The average molecular weight is 369 g/mol. The van der Waals surface area contributed by atoms with Gasteiger partial charge in [-0.05, 0) is 23.3 Å². The highest BCUT2D eigenvalue weighted by atomic mass is 16.5. The predicted octanol–water partition coefficient (Wildman–Crippen LogP) is 1.29. The van der Waals surface area contributed by atoms with E-state index in [4.69, 9.17) is 9.47 Å². The van der Waals surface area contributed by atoms with Crippen molar-refractivity contribution in [3.63, 3.8) is 0 Å². The number of benzene rings is 1. The van der Waals surface area contributed by atoms with E-state index >= 15 is 0 Å². The summed E-state index contributed by atoms with van der Waals surface area (Å²) in [6, 6.07) is 13.1. The first kappa shape index (κ1) is 18.9. The van der Waals surface area contributed by atoms with E-state index in [1.165, 1.54) is 7.11 Å². The number of carbonyl (C=O) groups is 1. The Balaban J connectivity index is 1.64. The van der Waals surface area contributed by atoms with Gasteiger partial charge in [-0.3, -0.25) is 4.79 Å². The largest absolute Gasteiger partial charge is 0.467 e. The topological polar surface area (TPSA) is 72.8 Å². The maximum Gasteiger partial charge on any atom is 0.334 e. The molecule has 0 bridgehead atoms. The second-order valence-corrected chi connectivity index (χ2v) is 6.43. The Bertz CT molecular complexity index is 875. The molecule has 1 aliphatic heterocycles. The highest BCUT2D eigenvalue weighted by molar-refractivity contribution is 5.84. The van der Waals surface area contributed by atoms with Gasteiger partial charge in [0, 0.05) is 25.6 Å². The lowest BCUT2D eigenvalue weighted by atomic mass is 10.0. The molecular formula is C20H23N3O4. The smallest absolute Gasteiger partial charge is 0.334 e. The van der Waals surface area contributed by atoms with Crippen molar-refractivity contribution in [2.24, 2.45) is 0 Å². The summed E-state index contributed by atoms with van der Waals surface area (Å²) < 4.78 is 11.7. The second-order valence-electron chi connectivity index (χ2n) is 6.43. The van der Waals surface area contributed by atoms with Crippen molar-refractivity contribution in [2.45, 2.75) is 18.6 Å². The average Bonchev–Trinajstić information content (AvgIpc) is 3.08. The van der Waals surface area contributed by atoms with Crippen LogP contribution in [-0.2, 0) is 27.4 Å². The second kappa shape index (κ2) is 8.20. The summed E-state index contributed by atoms with van der Waals surface area (Å²) in [4.78, 5) is 23.9. The van der Waals surface area contributed by atoms with Crippen LogP contribution < -0.4 is 11.0 Å². The maximum atomic E-state index is 12.1. The zero-order valence-electron chi connectivity index (χ0n) is 15.4. The van der Waals surface area contributed by atoms with Gasteiger partial charge in [0.25, 0.3) is 5.56 Å². The van der Waals surface area contributed by atoms with Gasteiger partial charge in [0.05, 0.1) is 26.8 Å². The van der Waals surface area contributed by atoms with Gasteiger partial charge in [-0.15, -0.1) is 0 Å². The molecule has 7 nitrogen and oxygen atoms in total. The van der Waals surface area contributed by atoms with Crippen LogP contribution in [-0.4, -0.2) is 41.9 Å². The lowest BCUT2D eigenvalue weighted by molar-refractivity contribution is -0.149. The Morgan fingerprint density at radius 3 is 2.41 bits per heavy atom. The van der Waals surface area contributed by atoms with Gasteiger partial charge in [-0.2, -0.15) is 0 Å². The van der Waals surface area contributed by atoms with Crippen molar-refractivity contribution in [2.75, 3.05) is 20.8 Å². The number of rotatable bonds is 7. The van der Waals surface area contributed by atoms with Crippen molar-refractivity contribution < 1.29 is 14.3 Å². The van der Waals surface area contributed by atoms with Crippen LogP contribution in [0.15, 0.2) is 65.7 Å². The molecule has 2 aromatic rings. The van der Waals surface area contributed by atoms with Crippen LogP contribution >= 0.6 is 0 Å². The molecule has 0 fully saturated rings. The number of nitrogens with one attached hydrogen (secondary N) is 1. The van der Waals surface area contributed by atoms with Crippen molar-refractivity contribution >= 4 is 5.97 Å². The van der Waals surface area contributed by atoms with Crippen molar-refractivity contribution in [1.82, 2.24) is 15.0 Å². The Labute approximate surface area is 157 Å². The fraction of sp³-hybridized carbons (Fsp3) is 0.300. The SMILES string of the molecule is COCC1(C(=O)OC)C=CN(Cc2ccc(Cn3ccccc3=O)cc2)N1. The number of carbonyl (C=O) groups excluding carboxylic acids is 1. The standard InChI is InChI=1S/C20H23N3O4/c1-26-15-20(19(25)27-2)10-12-23(21-20)14-17-8-6-16(7-9-17)13-22-11-4-3-5-18(22)24/h3-12,21H,13-15H2,1-2H3. The Morgan fingerprint density at radius 2 is 1.78 bits per heavy atom. The minimum Gasteiger partial charge on any atom is -0.467 e. The Hall–Kier alpha value is -2.90. The van der Waals surface area contributed by atoms with Crippen molar-refractivity contribution in [1.29, 1.82) is 0 Å². The molecular weight excluding hydrogens is 346 g/mol. The molecule has 1 N–H and O–H groups in total. The molecule has 142 valence electrons. The molecule has 1 unspecified atom stereocenters.